The van der Waals surface area contributed by atoms with Crippen LogP contribution in [-0.4, -0.2) is 71.1 Å². The number of rotatable bonds is 8. The van der Waals surface area contributed by atoms with E-state index >= 15 is 0 Å². The van der Waals surface area contributed by atoms with E-state index in [4.69, 9.17) is 19.9 Å². The zero-order valence-electron chi connectivity index (χ0n) is 12.4. The molecule has 0 unspecified atom stereocenters. The molecule has 0 saturated carbocycles. The van der Waals surface area contributed by atoms with E-state index in [1.54, 1.807) is 19.1 Å². The van der Waals surface area contributed by atoms with Crippen molar-refractivity contribution in [2.45, 2.75) is 12.8 Å². The smallest absolute Gasteiger partial charge is 0.230 e. The first-order valence-corrected chi connectivity index (χ1v) is 6.75. The second-order valence-electron chi connectivity index (χ2n) is 4.87. The number of methoxy groups -OCH3 is 2. The summed E-state index contributed by atoms with van der Waals surface area (Å²) in [5, 5.41) is 0. The Morgan fingerprint density at radius 1 is 1.20 bits per heavy atom. The average Bonchev–Trinajstić information content (AvgIpc) is 2.47. The Morgan fingerprint density at radius 3 is 2.10 bits per heavy atom. The van der Waals surface area contributed by atoms with Crippen LogP contribution in [0.25, 0.3) is 0 Å². The fourth-order valence-corrected chi connectivity index (χ4v) is 2.32. The second kappa shape index (κ2) is 10.3. The highest BCUT2D eigenvalue weighted by atomic mass is 35.5. The van der Waals surface area contributed by atoms with Crippen LogP contribution in [0.4, 0.5) is 0 Å². The summed E-state index contributed by atoms with van der Waals surface area (Å²) in [5.41, 5.74) is 5.40. The van der Waals surface area contributed by atoms with Crippen molar-refractivity contribution in [1.29, 1.82) is 0 Å². The number of amides is 1. The number of hydrogen-bond acceptors (Lipinski definition) is 5. The first kappa shape index (κ1) is 19.6. The van der Waals surface area contributed by atoms with Crippen LogP contribution in [0.5, 0.6) is 0 Å². The van der Waals surface area contributed by atoms with Crippen molar-refractivity contribution < 1.29 is 19.0 Å². The van der Waals surface area contributed by atoms with Gasteiger partial charge in [0.25, 0.3) is 0 Å². The molecule has 1 rings (SSSR count). The van der Waals surface area contributed by atoms with Crippen LogP contribution < -0.4 is 5.73 Å². The molecule has 1 heterocycles. The Morgan fingerprint density at radius 2 is 1.70 bits per heavy atom. The number of halogens is 1. The molecule has 6 nitrogen and oxygen atoms in total. The number of hydrogen-bond donors (Lipinski definition) is 1. The van der Waals surface area contributed by atoms with E-state index in [-0.39, 0.29) is 18.3 Å². The van der Waals surface area contributed by atoms with Crippen LogP contribution in [0, 0.1) is 5.41 Å². The predicted molar refractivity (Wildman–Crippen MR) is 79.1 cm³/mol. The molecule has 20 heavy (non-hydrogen) atoms. The molecule has 1 saturated heterocycles. The van der Waals surface area contributed by atoms with Gasteiger partial charge in [0.1, 0.15) is 0 Å². The molecule has 0 atom stereocenters. The largest absolute Gasteiger partial charge is 0.383 e. The zero-order valence-corrected chi connectivity index (χ0v) is 13.2. The topological polar surface area (TPSA) is 74.0 Å². The summed E-state index contributed by atoms with van der Waals surface area (Å²) in [4.78, 5) is 14.5. The molecule has 0 spiro atoms. The molecule has 1 amide bonds. The monoisotopic (exact) mass is 310 g/mol. The molecule has 1 aliphatic heterocycles. The average molecular weight is 311 g/mol. The number of carbonyl (C=O) groups excluding carboxylic acids is 1. The highest BCUT2D eigenvalue weighted by Gasteiger charge is 2.41. The lowest BCUT2D eigenvalue weighted by Crippen LogP contribution is -2.52. The van der Waals surface area contributed by atoms with E-state index in [0.29, 0.717) is 58.9 Å². The van der Waals surface area contributed by atoms with Gasteiger partial charge in [-0.3, -0.25) is 4.79 Å². The van der Waals surface area contributed by atoms with Crippen molar-refractivity contribution in [3.8, 4) is 0 Å². The minimum atomic E-state index is -0.472. The molecule has 7 heteroatoms. The Labute approximate surface area is 127 Å². The lowest BCUT2D eigenvalue weighted by atomic mass is 9.79. The fraction of sp³-hybridized carbons (Fsp3) is 0.923. The zero-order chi connectivity index (χ0) is 14.1. The third-order valence-electron chi connectivity index (χ3n) is 3.71. The van der Waals surface area contributed by atoms with Crippen molar-refractivity contribution in [1.82, 2.24) is 4.90 Å². The number of nitrogens with two attached hydrogens (primary N) is 1. The lowest BCUT2D eigenvalue weighted by Gasteiger charge is -2.38. The van der Waals surface area contributed by atoms with E-state index in [1.165, 1.54) is 0 Å². The van der Waals surface area contributed by atoms with Gasteiger partial charge in [0.05, 0.1) is 18.6 Å². The van der Waals surface area contributed by atoms with Gasteiger partial charge in [0.15, 0.2) is 0 Å². The summed E-state index contributed by atoms with van der Waals surface area (Å²) < 4.78 is 15.5. The Hall–Kier alpha value is -0.400. The molecular weight excluding hydrogens is 284 g/mol. The Balaban J connectivity index is 0.00000361. The third-order valence-corrected chi connectivity index (χ3v) is 3.71. The van der Waals surface area contributed by atoms with Gasteiger partial charge in [0.2, 0.25) is 5.91 Å². The van der Waals surface area contributed by atoms with Crippen LogP contribution in [0.3, 0.4) is 0 Å². The van der Waals surface area contributed by atoms with Crippen molar-refractivity contribution in [3.05, 3.63) is 0 Å². The van der Waals surface area contributed by atoms with Crippen LogP contribution in [0.15, 0.2) is 0 Å². The van der Waals surface area contributed by atoms with Crippen LogP contribution in [-0.2, 0) is 19.0 Å². The highest BCUT2D eigenvalue weighted by molar-refractivity contribution is 5.85. The van der Waals surface area contributed by atoms with Crippen LogP contribution >= 0.6 is 12.4 Å². The van der Waals surface area contributed by atoms with Gasteiger partial charge in [-0.1, -0.05) is 0 Å². The standard InChI is InChI=1S/C13H26N2O4.ClH/c1-17-9-5-15(6-10-18-2)12(16)13(11-14)3-7-19-8-4-13;/h3-11,14H2,1-2H3;1H. The fourth-order valence-electron chi connectivity index (χ4n) is 2.32. The van der Waals surface area contributed by atoms with E-state index < -0.39 is 5.41 Å². The van der Waals surface area contributed by atoms with Crippen LogP contribution in [0.1, 0.15) is 12.8 Å². The summed E-state index contributed by atoms with van der Waals surface area (Å²) >= 11 is 0. The van der Waals surface area contributed by atoms with E-state index in [1.807, 2.05) is 0 Å². The number of nitrogens with zero attached hydrogens (tertiary/aromatic N) is 1. The maximum absolute atomic E-state index is 12.7. The van der Waals surface area contributed by atoms with Crippen molar-refractivity contribution in [2.24, 2.45) is 11.1 Å². The van der Waals surface area contributed by atoms with Gasteiger partial charge in [-0.05, 0) is 12.8 Å². The predicted octanol–water partition coefficient (Wildman–Crippen LogP) is 0.285. The first-order valence-electron chi connectivity index (χ1n) is 6.75. The molecule has 0 aliphatic carbocycles. The van der Waals surface area contributed by atoms with Crippen molar-refractivity contribution >= 4 is 18.3 Å². The minimum Gasteiger partial charge on any atom is -0.383 e. The van der Waals surface area contributed by atoms with Crippen LogP contribution in [0.2, 0.25) is 0 Å². The molecule has 120 valence electrons. The Bertz CT molecular complexity index is 265. The van der Waals surface area contributed by atoms with Gasteiger partial charge in [-0.25, -0.2) is 0 Å². The molecule has 2 N–H and O–H groups in total. The van der Waals surface area contributed by atoms with Crippen molar-refractivity contribution in [2.75, 3.05) is 60.3 Å². The quantitative estimate of drug-likeness (QED) is 0.697. The molecule has 0 aromatic heterocycles. The first-order chi connectivity index (χ1) is 9.20. The SMILES string of the molecule is COCCN(CCOC)C(=O)C1(CN)CCOCC1.Cl. The van der Waals surface area contributed by atoms with Gasteiger partial charge in [-0.2, -0.15) is 0 Å². The number of carbonyl (C=O) groups is 1. The summed E-state index contributed by atoms with van der Waals surface area (Å²) in [5.74, 6) is 0.104. The van der Waals surface area contributed by atoms with Gasteiger partial charge in [0, 0.05) is 47.1 Å². The number of ether oxygens (including phenoxy) is 3. The summed E-state index contributed by atoms with van der Waals surface area (Å²) in [6.45, 7) is 3.75. The summed E-state index contributed by atoms with van der Waals surface area (Å²) in [7, 11) is 3.26. The molecule has 0 aromatic carbocycles. The molecule has 0 aromatic rings. The molecule has 1 aliphatic rings. The molecule has 0 radical (unpaired) electrons. The third kappa shape index (κ3) is 5.18. The maximum Gasteiger partial charge on any atom is 0.230 e. The second-order valence-corrected chi connectivity index (χ2v) is 4.87. The summed E-state index contributed by atoms with van der Waals surface area (Å²) in [6, 6.07) is 0. The Kier molecular flexibility index (Phi) is 10.1. The lowest BCUT2D eigenvalue weighted by molar-refractivity contribution is -0.148. The van der Waals surface area contributed by atoms with E-state index in [0.717, 1.165) is 0 Å². The molecular formula is C13H27ClN2O4. The highest BCUT2D eigenvalue weighted by Crippen LogP contribution is 2.31. The van der Waals surface area contributed by atoms with E-state index in [2.05, 4.69) is 0 Å². The maximum atomic E-state index is 12.7. The normalized spacial score (nSPS) is 17.4. The molecule has 0 bridgehead atoms. The van der Waals surface area contributed by atoms with Crippen molar-refractivity contribution in [3.63, 3.8) is 0 Å². The van der Waals surface area contributed by atoms with Gasteiger partial charge >= 0.3 is 0 Å². The van der Waals surface area contributed by atoms with Gasteiger partial charge < -0.3 is 24.8 Å². The van der Waals surface area contributed by atoms with Gasteiger partial charge in [-0.15, -0.1) is 12.4 Å². The van der Waals surface area contributed by atoms with E-state index in [9.17, 15) is 4.79 Å². The molecule has 1 fully saturated rings. The summed E-state index contributed by atoms with van der Waals surface area (Å²) in [6.07, 6.45) is 1.39. The minimum absolute atomic E-state index is 0.